The first-order chi connectivity index (χ1) is 20.5. The predicted octanol–water partition coefficient (Wildman–Crippen LogP) is 8.53. The molecular weight excluding hydrogens is 605 g/mol. The molecule has 0 bridgehead atoms. The van der Waals surface area contributed by atoms with Gasteiger partial charge in [-0.3, -0.25) is 9.29 Å². The quantitative estimate of drug-likeness (QED) is 0.170. The van der Waals surface area contributed by atoms with E-state index in [1.807, 2.05) is 59.3 Å². The van der Waals surface area contributed by atoms with E-state index >= 15 is 0 Å². The number of imidazole rings is 1. The molecule has 10 heteroatoms. The molecule has 5 aromatic rings. The number of nitrogens with one attached hydrogen (secondary N) is 1. The van der Waals surface area contributed by atoms with Gasteiger partial charge in [-0.15, -0.1) is 0 Å². The maximum Gasteiger partial charge on any atom is 0.335 e. The SMILES string of the molecule is CC(C)S(=O)(=O)Nc1cccc(-c2ccc(C=Cc3nc(-c4ccc(Cl)cc4Cl)cn3-c3ccc(C(=O)O)cc3)cc2)c1. The van der Waals surface area contributed by atoms with E-state index in [-0.39, 0.29) is 5.56 Å². The monoisotopic (exact) mass is 631 g/mol. The highest BCUT2D eigenvalue weighted by molar-refractivity contribution is 7.93. The van der Waals surface area contributed by atoms with Gasteiger partial charge in [0, 0.05) is 28.2 Å². The third kappa shape index (κ3) is 7.00. The molecule has 0 radical (unpaired) electrons. The van der Waals surface area contributed by atoms with Crippen LogP contribution < -0.4 is 4.72 Å². The van der Waals surface area contributed by atoms with Crippen LogP contribution in [0.4, 0.5) is 5.69 Å². The van der Waals surface area contributed by atoms with Crippen molar-refractivity contribution in [1.82, 2.24) is 9.55 Å². The molecule has 0 atom stereocenters. The van der Waals surface area contributed by atoms with E-state index in [0.29, 0.717) is 32.8 Å². The molecule has 0 aliphatic rings. The first-order valence-electron chi connectivity index (χ1n) is 13.3. The number of carbonyl (C=O) groups is 1. The fraction of sp³-hybridized carbons (Fsp3) is 0.0909. The average Bonchev–Trinajstić information content (AvgIpc) is 3.40. The second-order valence-corrected chi connectivity index (χ2v) is 13.1. The van der Waals surface area contributed by atoms with Gasteiger partial charge in [-0.25, -0.2) is 18.2 Å². The molecule has 0 aliphatic carbocycles. The summed E-state index contributed by atoms with van der Waals surface area (Å²) in [6.07, 6.45) is 5.64. The van der Waals surface area contributed by atoms with Crippen molar-refractivity contribution >= 4 is 57.0 Å². The summed E-state index contributed by atoms with van der Waals surface area (Å²) >= 11 is 12.6. The summed E-state index contributed by atoms with van der Waals surface area (Å²) in [5, 5.41) is 9.75. The lowest BCUT2D eigenvalue weighted by Crippen LogP contribution is -2.22. The Balaban J connectivity index is 1.45. The van der Waals surface area contributed by atoms with Crippen LogP contribution in [0.5, 0.6) is 0 Å². The minimum atomic E-state index is -3.45. The normalized spacial score (nSPS) is 11.7. The van der Waals surface area contributed by atoms with Crippen LogP contribution in [0.3, 0.4) is 0 Å². The molecule has 7 nitrogen and oxygen atoms in total. The number of anilines is 1. The molecular formula is C33H27Cl2N3O4S. The van der Waals surface area contributed by atoms with Gasteiger partial charge in [-0.2, -0.15) is 0 Å². The van der Waals surface area contributed by atoms with Gasteiger partial charge in [0.1, 0.15) is 5.82 Å². The fourth-order valence-electron chi connectivity index (χ4n) is 4.31. The van der Waals surface area contributed by atoms with Gasteiger partial charge < -0.3 is 5.11 Å². The minimum Gasteiger partial charge on any atom is -0.478 e. The standard InChI is InChI=1S/C33H27Cl2N3O4S/c1-21(2)43(41,42)37-27-5-3-4-25(18-27)23-9-6-22(7-10-23)8-17-32-36-31(29-16-13-26(34)19-30(29)35)20-38(32)28-14-11-24(12-15-28)33(39)40/h3-21,37H,1-2H3,(H,39,40). The van der Waals surface area contributed by atoms with Crippen molar-refractivity contribution in [3.63, 3.8) is 0 Å². The van der Waals surface area contributed by atoms with E-state index in [4.69, 9.17) is 28.2 Å². The van der Waals surface area contributed by atoms with Crippen LogP contribution in [-0.4, -0.2) is 34.3 Å². The summed E-state index contributed by atoms with van der Waals surface area (Å²) in [6.45, 7) is 3.26. The van der Waals surface area contributed by atoms with E-state index in [2.05, 4.69) is 4.72 Å². The molecule has 4 aromatic carbocycles. The highest BCUT2D eigenvalue weighted by atomic mass is 35.5. The van der Waals surface area contributed by atoms with Gasteiger partial charge in [-0.05, 0) is 91.2 Å². The second kappa shape index (κ2) is 12.5. The molecule has 43 heavy (non-hydrogen) atoms. The molecule has 0 unspecified atom stereocenters. The lowest BCUT2D eigenvalue weighted by atomic mass is 10.0. The van der Waals surface area contributed by atoms with E-state index in [0.717, 1.165) is 22.4 Å². The number of hydrogen-bond acceptors (Lipinski definition) is 4. The van der Waals surface area contributed by atoms with Gasteiger partial charge >= 0.3 is 5.97 Å². The lowest BCUT2D eigenvalue weighted by molar-refractivity contribution is 0.0697. The lowest BCUT2D eigenvalue weighted by Gasteiger charge is -2.12. The van der Waals surface area contributed by atoms with E-state index in [1.165, 1.54) is 0 Å². The zero-order valence-electron chi connectivity index (χ0n) is 23.2. The third-order valence-corrected chi connectivity index (χ3v) is 9.05. The minimum absolute atomic E-state index is 0.185. The summed E-state index contributed by atoms with van der Waals surface area (Å²) in [7, 11) is -3.45. The largest absolute Gasteiger partial charge is 0.478 e. The Morgan fingerprint density at radius 3 is 2.28 bits per heavy atom. The van der Waals surface area contributed by atoms with Crippen molar-refractivity contribution in [3.8, 4) is 28.1 Å². The zero-order chi connectivity index (χ0) is 30.7. The topological polar surface area (TPSA) is 101 Å². The van der Waals surface area contributed by atoms with Gasteiger partial charge in [0.2, 0.25) is 10.0 Å². The number of aromatic carboxylic acids is 1. The molecule has 218 valence electrons. The molecule has 2 N–H and O–H groups in total. The fourth-order valence-corrected chi connectivity index (χ4v) is 5.51. The summed E-state index contributed by atoms with van der Waals surface area (Å²) < 4.78 is 29.1. The Morgan fingerprint density at radius 2 is 1.63 bits per heavy atom. The number of carboxylic acid groups (broad SMARTS) is 1. The maximum atomic E-state index is 12.3. The van der Waals surface area contributed by atoms with E-state index in [9.17, 15) is 18.3 Å². The highest BCUT2D eigenvalue weighted by Gasteiger charge is 2.16. The molecule has 0 saturated carbocycles. The average molecular weight is 633 g/mol. The number of halogens is 2. The van der Waals surface area contributed by atoms with Crippen molar-refractivity contribution in [2.75, 3.05) is 4.72 Å². The molecule has 0 amide bonds. The van der Waals surface area contributed by atoms with Crippen molar-refractivity contribution < 1.29 is 18.3 Å². The molecule has 0 aliphatic heterocycles. The molecule has 5 rings (SSSR count). The molecule has 0 saturated heterocycles. The number of aromatic nitrogens is 2. The van der Waals surface area contributed by atoms with E-state index in [1.54, 1.807) is 68.4 Å². The Kier molecular flexibility index (Phi) is 8.73. The first kappa shape index (κ1) is 30.1. The van der Waals surface area contributed by atoms with Crippen LogP contribution in [0.1, 0.15) is 35.6 Å². The first-order valence-corrected chi connectivity index (χ1v) is 15.6. The van der Waals surface area contributed by atoms with Crippen LogP contribution in [0, 0.1) is 0 Å². The van der Waals surface area contributed by atoms with E-state index < -0.39 is 21.2 Å². The number of rotatable bonds is 9. The number of nitrogens with zero attached hydrogens (tertiary/aromatic N) is 2. The summed E-state index contributed by atoms with van der Waals surface area (Å²) in [5.74, 6) is -0.392. The number of carboxylic acids is 1. The van der Waals surface area contributed by atoms with Crippen molar-refractivity contribution in [3.05, 3.63) is 124 Å². The Labute approximate surface area is 260 Å². The van der Waals surface area contributed by atoms with Crippen LogP contribution in [0.25, 0.3) is 40.2 Å². The smallest absolute Gasteiger partial charge is 0.335 e. The molecule has 0 spiro atoms. The van der Waals surface area contributed by atoms with Gasteiger partial charge in [0.05, 0.1) is 21.5 Å². The van der Waals surface area contributed by atoms with Gasteiger partial charge in [0.15, 0.2) is 0 Å². The third-order valence-electron chi connectivity index (χ3n) is 6.74. The Bertz CT molecular complexity index is 1930. The molecule has 1 heterocycles. The maximum absolute atomic E-state index is 12.3. The van der Waals surface area contributed by atoms with Crippen molar-refractivity contribution in [1.29, 1.82) is 0 Å². The second-order valence-electron chi connectivity index (χ2n) is 10.1. The zero-order valence-corrected chi connectivity index (χ0v) is 25.5. The number of benzene rings is 4. The number of sulfonamides is 1. The van der Waals surface area contributed by atoms with Crippen LogP contribution in [-0.2, 0) is 10.0 Å². The molecule has 1 aromatic heterocycles. The summed E-state index contributed by atoms with van der Waals surface area (Å²) in [6, 6.07) is 26.9. The molecule has 0 fully saturated rings. The van der Waals surface area contributed by atoms with Crippen LogP contribution in [0.15, 0.2) is 97.2 Å². The summed E-state index contributed by atoms with van der Waals surface area (Å²) in [4.78, 5) is 16.2. The van der Waals surface area contributed by atoms with Crippen LogP contribution in [0.2, 0.25) is 10.0 Å². The van der Waals surface area contributed by atoms with Crippen molar-refractivity contribution in [2.24, 2.45) is 0 Å². The van der Waals surface area contributed by atoms with Gasteiger partial charge in [0.25, 0.3) is 0 Å². The summed E-state index contributed by atoms with van der Waals surface area (Å²) in [5.41, 5.74) is 5.50. The van der Waals surface area contributed by atoms with Gasteiger partial charge in [-0.1, -0.05) is 65.7 Å². The number of hydrogen-bond donors (Lipinski definition) is 2. The van der Waals surface area contributed by atoms with Crippen LogP contribution >= 0.6 is 23.2 Å². The predicted molar refractivity (Wildman–Crippen MR) is 174 cm³/mol. The van der Waals surface area contributed by atoms with Crippen molar-refractivity contribution in [2.45, 2.75) is 19.1 Å². The highest BCUT2D eigenvalue weighted by Crippen LogP contribution is 2.31. The Morgan fingerprint density at radius 1 is 0.907 bits per heavy atom. The Hall–Kier alpha value is -4.37.